The SMILES string of the molecule is CC(C)(C)OC(=O)n1c2ccncc2c2ccc(-c3ccnc([N+](=O)[O-])c3)nc21.O=[N+]([O-])c1cc(-c2ccc3c4cnccc4n(C(c4ccccc4)(c4ccccc4)c4ccccc4)c3n2)ccn1. The zero-order valence-corrected chi connectivity index (χ0v) is 37.8. The van der Waals surface area contributed by atoms with Crippen LogP contribution in [0.25, 0.3) is 66.4 Å². The summed E-state index contributed by atoms with van der Waals surface area (Å²) in [5, 5.41) is 25.9. The summed E-state index contributed by atoms with van der Waals surface area (Å²) < 4.78 is 9.25. The van der Waals surface area contributed by atoms with Crippen LogP contribution in [0.3, 0.4) is 0 Å². The number of nitrogens with zero attached hydrogens (tertiary/aromatic N) is 10. The Hall–Kier alpha value is -9.57. The Morgan fingerprint density at radius 1 is 0.529 bits per heavy atom. The molecule has 0 atom stereocenters. The molecule has 0 saturated carbocycles. The van der Waals surface area contributed by atoms with E-state index in [1.807, 2.05) is 48.7 Å². The molecule has 0 aliphatic carbocycles. The van der Waals surface area contributed by atoms with Gasteiger partial charge in [0.2, 0.25) is 0 Å². The molecular weight excluding hydrogens is 885 g/mol. The van der Waals surface area contributed by atoms with E-state index in [0.29, 0.717) is 33.7 Å². The molecule has 0 aliphatic rings. The van der Waals surface area contributed by atoms with E-state index in [2.05, 4.69) is 102 Å². The number of pyridine rings is 6. The molecule has 0 aliphatic heterocycles. The summed E-state index contributed by atoms with van der Waals surface area (Å²) in [5.74, 6) is -0.498. The minimum atomic E-state index is -0.805. The summed E-state index contributed by atoms with van der Waals surface area (Å²) in [6, 6.07) is 48.7. The third kappa shape index (κ3) is 7.98. The highest BCUT2D eigenvalue weighted by molar-refractivity contribution is 6.11. The Morgan fingerprint density at radius 3 is 1.44 bits per heavy atom. The Bertz CT molecular complexity index is 3680. The van der Waals surface area contributed by atoms with Crippen molar-refractivity contribution >= 4 is 61.6 Å². The predicted molar refractivity (Wildman–Crippen MR) is 266 cm³/mol. The second kappa shape index (κ2) is 17.9. The third-order valence-corrected chi connectivity index (χ3v) is 11.8. The Labute approximate surface area is 398 Å². The lowest BCUT2D eigenvalue weighted by Gasteiger charge is -2.38. The van der Waals surface area contributed by atoms with Gasteiger partial charge in [-0.3, -0.25) is 9.97 Å². The van der Waals surface area contributed by atoms with Crippen LogP contribution in [0.5, 0.6) is 0 Å². The van der Waals surface area contributed by atoms with Crippen LogP contribution in [0, 0.1) is 20.2 Å². The molecule has 8 aromatic heterocycles. The van der Waals surface area contributed by atoms with Crippen molar-refractivity contribution in [1.82, 2.24) is 39.0 Å². The molecule has 0 saturated heterocycles. The number of hydrogen-bond acceptors (Lipinski definition) is 12. The lowest BCUT2D eigenvalue weighted by atomic mass is 9.76. The number of carbonyl (C=O) groups excluding carboxylic acids is 1. The molecular formula is C54H40N10O6. The van der Waals surface area contributed by atoms with Gasteiger partial charge in [-0.1, -0.05) is 91.0 Å². The summed E-state index contributed by atoms with van der Waals surface area (Å²) in [5.41, 5.74) is 6.66. The first kappa shape index (κ1) is 44.3. The minimum Gasteiger partial charge on any atom is -0.443 e. The van der Waals surface area contributed by atoms with Crippen molar-refractivity contribution in [3.8, 4) is 22.5 Å². The van der Waals surface area contributed by atoms with Gasteiger partial charge in [0.15, 0.2) is 5.65 Å². The summed E-state index contributed by atoms with van der Waals surface area (Å²) in [4.78, 5) is 60.5. The lowest BCUT2D eigenvalue weighted by molar-refractivity contribution is -0.389. The molecule has 0 spiro atoms. The molecule has 8 heterocycles. The van der Waals surface area contributed by atoms with Crippen LogP contribution in [0.15, 0.2) is 189 Å². The quantitative estimate of drug-likeness (QED) is 0.0794. The second-order valence-corrected chi connectivity index (χ2v) is 17.2. The number of ether oxygens (including phenoxy) is 1. The van der Waals surface area contributed by atoms with E-state index in [9.17, 15) is 25.0 Å². The summed E-state index contributed by atoms with van der Waals surface area (Å²) >= 11 is 0. The van der Waals surface area contributed by atoms with Gasteiger partial charge in [-0.2, -0.15) is 0 Å². The van der Waals surface area contributed by atoms with Crippen LogP contribution in [0.2, 0.25) is 0 Å². The summed E-state index contributed by atoms with van der Waals surface area (Å²) in [6.07, 6.45) is 9.17. The van der Waals surface area contributed by atoms with Gasteiger partial charge in [0.1, 0.15) is 29.2 Å². The van der Waals surface area contributed by atoms with Crippen molar-refractivity contribution in [2.75, 3.05) is 0 Å². The van der Waals surface area contributed by atoms with Crippen LogP contribution >= 0.6 is 0 Å². The molecule has 70 heavy (non-hydrogen) atoms. The van der Waals surface area contributed by atoms with Crippen molar-refractivity contribution in [3.63, 3.8) is 0 Å². The zero-order valence-electron chi connectivity index (χ0n) is 37.8. The van der Waals surface area contributed by atoms with Gasteiger partial charge in [-0.25, -0.2) is 19.3 Å². The van der Waals surface area contributed by atoms with Crippen molar-refractivity contribution < 1.29 is 19.4 Å². The van der Waals surface area contributed by atoms with Gasteiger partial charge >= 0.3 is 17.7 Å². The van der Waals surface area contributed by atoms with E-state index in [1.54, 1.807) is 63.6 Å². The van der Waals surface area contributed by atoms with Crippen molar-refractivity contribution in [3.05, 3.63) is 226 Å². The van der Waals surface area contributed by atoms with Gasteiger partial charge in [-0.05, 0) is 106 Å². The molecule has 0 radical (unpaired) electrons. The maximum Gasteiger partial charge on any atom is 0.420 e. The van der Waals surface area contributed by atoms with Gasteiger partial charge in [0.05, 0.1) is 22.4 Å². The molecule has 11 rings (SSSR count). The molecule has 16 nitrogen and oxygen atoms in total. The largest absolute Gasteiger partial charge is 0.443 e. The number of benzene rings is 3. The Kier molecular flexibility index (Phi) is 11.3. The number of carbonyl (C=O) groups is 1. The third-order valence-electron chi connectivity index (χ3n) is 11.8. The molecule has 0 fully saturated rings. The highest BCUT2D eigenvalue weighted by atomic mass is 16.6. The smallest absolute Gasteiger partial charge is 0.420 e. The number of nitro groups is 2. The summed E-state index contributed by atoms with van der Waals surface area (Å²) in [7, 11) is 0. The maximum absolute atomic E-state index is 12.9. The standard InChI is InChI=1S/C34H23N5O2.C20H17N5O4/c40-39(41)32-22-24(18-21-36-32)30-17-16-28-29-23-35-20-19-31(29)38(33(28)37-30)34(25-10-4-1-5-11-25,26-12-6-2-7-13-26)27-14-8-3-9-15-27;1-20(2,3)29-19(26)24-16-7-8-21-11-14(16)13-4-5-15(23-18(13)24)12-6-9-22-17(10-12)25(27)28/h1-23H;4-11H,1-3H3. The lowest BCUT2D eigenvalue weighted by Crippen LogP contribution is -2.37. The molecule has 0 bridgehead atoms. The number of rotatable bonds is 8. The molecule has 16 heteroatoms. The van der Waals surface area contributed by atoms with Crippen molar-refractivity contribution in [2.24, 2.45) is 0 Å². The fourth-order valence-corrected chi connectivity index (χ4v) is 8.90. The van der Waals surface area contributed by atoms with Crippen LogP contribution in [-0.2, 0) is 10.3 Å². The normalized spacial score (nSPS) is 11.6. The van der Waals surface area contributed by atoms with E-state index in [4.69, 9.17) is 9.72 Å². The van der Waals surface area contributed by atoms with Crippen LogP contribution in [0.4, 0.5) is 16.4 Å². The van der Waals surface area contributed by atoms with Gasteiger partial charge < -0.3 is 29.5 Å². The minimum absolute atomic E-state index is 0.221. The van der Waals surface area contributed by atoms with E-state index < -0.39 is 27.1 Å². The fraction of sp³-hybridized carbons (Fsp3) is 0.0926. The number of fused-ring (bicyclic) bond motifs is 6. The van der Waals surface area contributed by atoms with Crippen molar-refractivity contribution in [2.45, 2.75) is 31.9 Å². The topological polar surface area (TPSA) is 200 Å². The first-order valence-corrected chi connectivity index (χ1v) is 22.0. The van der Waals surface area contributed by atoms with E-state index >= 15 is 0 Å². The fourth-order valence-electron chi connectivity index (χ4n) is 8.90. The van der Waals surface area contributed by atoms with Gasteiger partial charge in [-0.15, -0.1) is 0 Å². The van der Waals surface area contributed by atoms with Gasteiger partial charge in [0, 0.05) is 69.6 Å². The van der Waals surface area contributed by atoms with E-state index in [1.165, 1.54) is 29.1 Å². The Morgan fingerprint density at radius 2 is 0.971 bits per heavy atom. The molecule has 3 aromatic carbocycles. The highest BCUT2D eigenvalue weighted by Gasteiger charge is 2.41. The average Bonchev–Trinajstić information content (AvgIpc) is 3.90. The average molecular weight is 925 g/mol. The Balaban J connectivity index is 0.000000172. The predicted octanol–water partition coefficient (Wildman–Crippen LogP) is 11.7. The van der Waals surface area contributed by atoms with Crippen molar-refractivity contribution in [1.29, 1.82) is 0 Å². The first-order chi connectivity index (χ1) is 33.9. The second-order valence-electron chi connectivity index (χ2n) is 17.2. The summed E-state index contributed by atoms with van der Waals surface area (Å²) in [6.45, 7) is 5.36. The number of hydrogen-bond donors (Lipinski definition) is 0. The first-order valence-electron chi connectivity index (χ1n) is 22.0. The molecule has 0 N–H and O–H groups in total. The van der Waals surface area contributed by atoms with E-state index in [-0.39, 0.29) is 11.6 Å². The zero-order chi connectivity index (χ0) is 48.6. The monoisotopic (exact) mass is 924 g/mol. The molecule has 11 aromatic rings. The maximum atomic E-state index is 12.9. The molecule has 0 amide bonds. The molecule has 0 unspecified atom stereocenters. The van der Waals surface area contributed by atoms with Crippen LogP contribution < -0.4 is 0 Å². The highest BCUT2D eigenvalue weighted by Crippen LogP contribution is 2.46. The molecule has 342 valence electrons. The van der Waals surface area contributed by atoms with Crippen LogP contribution in [0.1, 0.15) is 37.5 Å². The number of aromatic nitrogens is 8. The van der Waals surface area contributed by atoms with E-state index in [0.717, 1.165) is 49.4 Å². The van der Waals surface area contributed by atoms with Gasteiger partial charge in [0.25, 0.3) is 0 Å². The van der Waals surface area contributed by atoms with Crippen LogP contribution in [-0.4, -0.2) is 60.6 Å².